The van der Waals surface area contributed by atoms with Crippen LogP contribution in [0.1, 0.15) is 30.9 Å². The van der Waals surface area contributed by atoms with E-state index in [9.17, 15) is 9.90 Å². The van der Waals surface area contributed by atoms with Gasteiger partial charge in [0.25, 0.3) is 0 Å². The fourth-order valence-corrected chi connectivity index (χ4v) is 3.69. The third kappa shape index (κ3) is 2.91. The van der Waals surface area contributed by atoms with E-state index in [4.69, 9.17) is 0 Å². The monoisotopic (exact) mass is 288 g/mol. The zero-order valence-electron chi connectivity index (χ0n) is 12.6. The Morgan fingerprint density at radius 2 is 2.05 bits per heavy atom. The summed E-state index contributed by atoms with van der Waals surface area (Å²) < 4.78 is 0. The number of urea groups is 1. The van der Waals surface area contributed by atoms with Crippen LogP contribution in [0, 0.1) is 5.41 Å². The largest absolute Gasteiger partial charge is 0.394 e. The summed E-state index contributed by atoms with van der Waals surface area (Å²) in [6.45, 7) is 3.75. The summed E-state index contributed by atoms with van der Waals surface area (Å²) in [5, 5.41) is 12.4. The minimum absolute atomic E-state index is 0.00131. The Hall–Kier alpha value is -1.55. The van der Waals surface area contributed by atoms with E-state index in [0.29, 0.717) is 6.54 Å². The van der Waals surface area contributed by atoms with Gasteiger partial charge in [0.15, 0.2) is 0 Å². The van der Waals surface area contributed by atoms with Crippen molar-refractivity contribution in [2.75, 3.05) is 19.7 Å². The zero-order valence-corrected chi connectivity index (χ0v) is 12.6. The average Bonchev–Trinajstić information content (AvgIpc) is 3.07. The number of amides is 2. The van der Waals surface area contributed by atoms with Gasteiger partial charge in [-0.25, -0.2) is 4.79 Å². The second-order valence-electron chi connectivity index (χ2n) is 6.76. The highest BCUT2D eigenvalue weighted by molar-refractivity contribution is 5.75. The molecule has 1 heterocycles. The van der Waals surface area contributed by atoms with Gasteiger partial charge >= 0.3 is 6.03 Å². The van der Waals surface area contributed by atoms with Crippen LogP contribution in [0.15, 0.2) is 24.3 Å². The smallest absolute Gasteiger partial charge is 0.317 e. The highest BCUT2D eigenvalue weighted by Gasteiger charge is 2.34. The molecule has 0 aromatic heterocycles. The number of rotatable bonds is 3. The lowest BCUT2D eigenvalue weighted by molar-refractivity contribution is 0.153. The van der Waals surface area contributed by atoms with Crippen LogP contribution in [-0.2, 0) is 12.8 Å². The molecule has 4 nitrogen and oxygen atoms in total. The first-order valence-corrected chi connectivity index (χ1v) is 7.83. The van der Waals surface area contributed by atoms with Crippen LogP contribution in [0.5, 0.6) is 0 Å². The molecule has 1 unspecified atom stereocenters. The van der Waals surface area contributed by atoms with E-state index >= 15 is 0 Å². The molecule has 1 fully saturated rings. The first-order valence-electron chi connectivity index (χ1n) is 7.83. The first kappa shape index (κ1) is 14.4. The van der Waals surface area contributed by atoms with Crippen LogP contribution in [0.4, 0.5) is 4.79 Å². The van der Waals surface area contributed by atoms with Gasteiger partial charge in [-0.2, -0.15) is 0 Å². The second-order valence-corrected chi connectivity index (χ2v) is 6.76. The standard InChI is InChI=1S/C17H24N2O2/c1-17(9-13-5-2-3-6-14(13)10-17)12-18-16(21)19-8-4-7-15(19)11-20/h2-3,5-6,15,20H,4,7-12H2,1H3,(H,18,21). The van der Waals surface area contributed by atoms with Gasteiger partial charge in [0.05, 0.1) is 12.6 Å². The minimum atomic E-state index is -0.0243. The Balaban J connectivity index is 1.57. The van der Waals surface area contributed by atoms with Crippen molar-refractivity contribution in [3.8, 4) is 0 Å². The Kier molecular flexibility index (Phi) is 3.89. The molecule has 1 saturated heterocycles. The molecule has 0 radical (unpaired) electrons. The molecule has 1 atom stereocenters. The molecule has 0 saturated carbocycles. The maximum atomic E-state index is 12.3. The summed E-state index contributed by atoms with van der Waals surface area (Å²) in [7, 11) is 0. The van der Waals surface area contributed by atoms with Crippen molar-refractivity contribution < 1.29 is 9.90 Å². The van der Waals surface area contributed by atoms with Crippen molar-refractivity contribution in [3.63, 3.8) is 0 Å². The number of hydrogen-bond acceptors (Lipinski definition) is 2. The van der Waals surface area contributed by atoms with Crippen molar-refractivity contribution in [2.45, 2.75) is 38.6 Å². The lowest BCUT2D eigenvalue weighted by Crippen LogP contribution is -2.47. The SMILES string of the molecule is CC1(CNC(=O)N2CCCC2CO)Cc2ccccc2C1. The van der Waals surface area contributed by atoms with E-state index in [0.717, 1.165) is 32.2 Å². The Morgan fingerprint density at radius 1 is 1.38 bits per heavy atom. The van der Waals surface area contributed by atoms with Crippen molar-refractivity contribution in [1.82, 2.24) is 10.2 Å². The molecule has 1 aliphatic carbocycles. The number of benzene rings is 1. The first-order chi connectivity index (χ1) is 10.1. The zero-order chi connectivity index (χ0) is 14.9. The molecule has 2 aliphatic rings. The van der Waals surface area contributed by atoms with E-state index in [1.165, 1.54) is 11.1 Å². The highest BCUT2D eigenvalue weighted by Crippen LogP contribution is 2.36. The molecule has 1 aliphatic heterocycles. The number of nitrogens with one attached hydrogen (secondary N) is 1. The quantitative estimate of drug-likeness (QED) is 0.893. The number of carbonyl (C=O) groups is 1. The van der Waals surface area contributed by atoms with Crippen LogP contribution in [-0.4, -0.2) is 41.8 Å². The van der Waals surface area contributed by atoms with Gasteiger partial charge in [-0.1, -0.05) is 31.2 Å². The molecule has 1 aromatic rings. The number of aliphatic hydroxyl groups is 1. The maximum absolute atomic E-state index is 12.3. The molecular formula is C17H24N2O2. The molecule has 3 rings (SSSR count). The Morgan fingerprint density at radius 3 is 2.67 bits per heavy atom. The summed E-state index contributed by atoms with van der Waals surface area (Å²) in [6.07, 6.45) is 3.94. The molecule has 1 aromatic carbocycles. The number of nitrogens with zero attached hydrogens (tertiary/aromatic N) is 1. The van der Waals surface area contributed by atoms with E-state index < -0.39 is 0 Å². The normalized spacial score (nSPS) is 23.1. The van der Waals surface area contributed by atoms with Gasteiger partial charge in [0.1, 0.15) is 0 Å². The molecular weight excluding hydrogens is 264 g/mol. The predicted octanol–water partition coefficient (Wildman–Crippen LogP) is 1.96. The van der Waals surface area contributed by atoms with Crippen LogP contribution in [0.25, 0.3) is 0 Å². The summed E-state index contributed by atoms with van der Waals surface area (Å²) in [4.78, 5) is 14.1. The molecule has 0 spiro atoms. The number of fused-ring (bicyclic) bond motifs is 1. The van der Waals surface area contributed by atoms with Crippen LogP contribution in [0.3, 0.4) is 0 Å². The van der Waals surface area contributed by atoms with Crippen molar-refractivity contribution in [3.05, 3.63) is 35.4 Å². The van der Waals surface area contributed by atoms with E-state index in [2.05, 4.69) is 36.5 Å². The number of aliphatic hydroxyl groups excluding tert-OH is 1. The molecule has 114 valence electrons. The number of carbonyl (C=O) groups excluding carboxylic acids is 1. The van der Waals surface area contributed by atoms with Crippen LogP contribution in [0.2, 0.25) is 0 Å². The third-order valence-corrected chi connectivity index (χ3v) is 4.87. The summed E-state index contributed by atoms with van der Waals surface area (Å²) in [5.41, 5.74) is 2.92. The van der Waals surface area contributed by atoms with Crippen LogP contribution < -0.4 is 5.32 Å². The fourth-order valence-electron chi connectivity index (χ4n) is 3.69. The van der Waals surface area contributed by atoms with Crippen LogP contribution >= 0.6 is 0 Å². The fraction of sp³-hybridized carbons (Fsp3) is 0.588. The van der Waals surface area contributed by atoms with E-state index in [1.54, 1.807) is 4.90 Å². The Labute approximate surface area is 126 Å². The lowest BCUT2D eigenvalue weighted by atomic mass is 9.87. The molecule has 2 N–H and O–H groups in total. The Bertz CT molecular complexity index is 504. The van der Waals surface area contributed by atoms with E-state index in [-0.39, 0.29) is 24.1 Å². The van der Waals surface area contributed by atoms with Gasteiger partial charge in [-0.15, -0.1) is 0 Å². The molecule has 2 amide bonds. The van der Waals surface area contributed by atoms with Crippen molar-refractivity contribution in [1.29, 1.82) is 0 Å². The number of hydrogen-bond donors (Lipinski definition) is 2. The average molecular weight is 288 g/mol. The van der Waals surface area contributed by atoms with Gasteiger partial charge < -0.3 is 15.3 Å². The third-order valence-electron chi connectivity index (χ3n) is 4.87. The summed E-state index contributed by atoms with van der Waals surface area (Å²) in [5.74, 6) is 0. The van der Waals surface area contributed by atoms with Gasteiger partial charge in [-0.3, -0.25) is 0 Å². The van der Waals surface area contributed by atoms with Gasteiger partial charge in [0, 0.05) is 13.1 Å². The number of likely N-dealkylation sites (tertiary alicyclic amines) is 1. The molecule has 4 heteroatoms. The topological polar surface area (TPSA) is 52.6 Å². The van der Waals surface area contributed by atoms with Gasteiger partial charge in [0.2, 0.25) is 0 Å². The molecule has 0 bridgehead atoms. The summed E-state index contributed by atoms with van der Waals surface area (Å²) >= 11 is 0. The van der Waals surface area contributed by atoms with Crippen molar-refractivity contribution >= 4 is 6.03 Å². The van der Waals surface area contributed by atoms with Crippen molar-refractivity contribution in [2.24, 2.45) is 5.41 Å². The maximum Gasteiger partial charge on any atom is 0.317 e. The lowest BCUT2D eigenvalue weighted by Gasteiger charge is -2.28. The molecule has 21 heavy (non-hydrogen) atoms. The summed E-state index contributed by atoms with van der Waals surface area (Å²) in [6, 6.07) is 8.51. The second kappa shape index (κ2) is 5.68. The predicted molar refractivity (Wildman–Crippen MR) is 82.2 cm³/mol. The van der Waals surface area contributed by atoms with E-state index in [1.807, 2.05) is 0 Å². The minimum Gasteiger partial charge on any atom is -0.394 e. The highest BCUT2D eigenvalue weighted by atomic mass is 16.3. The van der Waals surface area contributed by atoms with Gasteiger partial charge in [-0.05, 0) is 42.2 Å².